The fourth-order valence-corrected chi connectivity index (χ4v) is 4.41. The highest BCUT2D eigenvalue weighted by Crippen LogP contribution is 2.35. The fourth-order valence-electron chi connectivity index (χ4n) is 3.86. The molecule has 6 heteroatoms. The SMILES string of the molecule is c1cncc(CN2CCO[C@@H]3[C@H](COCc4nccs4)CC[C@H]32)c1. The van der Waals surface area contributed by atoms with Crippen LogP contribution in [-0.4, -0.2) is 46.8 Å². The number of pyridine rings is 1. The summed E-state index contributed by atoms with van der Waals surface area (Å²) in [5.41, 5.74) is 1.28. The topological polar surface area (TPSA) is 47.5 Å². The van der Waals surface area contributed by atoms with Crippen LogP contribution >= 0.6 is 11.3 Å². The van der Waals surface area contributed by atoms with E-state index in [4.69, 9.17) is 9.47 Å². The second-order valence-electron chi connectivity index (χ2n) is 6.51. The molecule has 2 aromatic rings. The molecule has 1 saturated heterocycles. The summed E-state index contributed by atoms with van der Waals surface area (Å²) in [6.45, 7) is 4.16. The number of ether oxygens (including phenoxy) is 2. The van der Waals surface area contributed by atoms with E-state index >= 15 is 0 Å². The molecule has 24 heavy (non-hydrogen) atoms. The van der Waals surface area contributed by atoms with Crippen molar-refractivity contribution in [2.75, 3.05) is 19.8 Å². The van der Waals surface area contributed by atoms with E-state index in [9.17, 15) is 0 Å². The Labute approximate surface area is 146 Å². The van der Waals surface area contributed by atoms with Gasteiger partial charge in [-0.25, -0.2) is 4.98 Å². The lowest BCUT2D eigenvalue weighted by Gasteiger charge is -2.39. The molecule has 2 aromatic heterocycles. The molecule has 0 bridgehead atoms. The Bertz CT molecular complexity index is 622. The van der Waals surface area contributed by atoms with Gasteiger partial charge in [-0.05, 0) is 24.5 Å². The van der Waals surface area contributed by atoms with Crippen molar-refractivity contribution < 1.29 is 9.47 Å². The third-order valence-electron chi connectivity index (χ3n) is 4.98. The Balaban J connectivity index is 1.32. The van der Waals surface area contributed by atoms with Crippen LogP contribution in [0.4, 0.5) is 0 Å². The summed E-state index contributed by atoms with van der Waals surface area (Å²) in [6.07, 6.45) is 8.29. The highest BCUT2D eigenvalue weighted by atomic mass is 32.1. The van der Waals surface area contributed by atoms with Crippen LogP contribution in [0.15, 0.2) is 36.1 Å². The maximum absolute atomic E-state index is 6.12. The molecule has 4 rings (SSSR count). The Hall–Kier alpha value is -1.34. The number of hydrogen-bond acceptors (Lipinski definition) is 6. The monoisotopic (exact) mass is 345 g/mol. The van der Waals surface area contributed by atoms with Crippen molar-refractivity contribution in [3.05, 3.63) is 46.7 Å². The van der Waals surface area contributed by atoms with E-state index in [2.05, 4.69) is 20.9 Å². The van der Waals surface area contributed by atoms with Gasteiger partial charge in [0.15, 0.2) is 0 Å². The molecule has 2 fully saturated rings. The van der Waals surface area contributed by atoms with Gasteiger partial charge in [0.25, 0.3) is 0 Å². The lowest BCUT2D eigenvalue weighted by atomic mass is 10.0. The summed E-state index contributed by atoms with van der Waals surface area (Å²) in [5, 5.41) is 3.04. The van der Waals surface area contributed by atoms with Crippen LogP contribution in [0, 0.1) is 5.92 Å². The lowest BCUT2D eigenvalue weighted by molar-refractivity contribution is -0.0891. The van der Waals surface area contributed by atoms with Crippen molar-refractivity contribution in [3.8, 4) is 0 Å². The number of nitrogens with zero attached hydrogens (tertiary/aromatic N) is 3. The van der Waals surface area contributed by atoms with Crippen LogP contribution < -0.4 is 0 Å². The molecule has 1 saturated carbocycles. The Morgan fingerprint density at radius 2 is 2.33 bits per heavy atom. The molecule has 0 unspecified atom stereocenters. The van der Waals surface area contributed by atoms with Crippen molar-refractivity contribution >= 4 is 11.3 Å². The van der Waals surface area contributed by atoms with Gasteiger partial charge in [0, 0.05) is 49.0 Å². The van der Waals surface area contributed by atoms with E-state index in [1.807, 2.05) is 30.0 Å². The second-order valence-corrected chi connectivity index (χ2v) is 7.49. The number of fused-ring (bicyclic) bond motifs is 1. The quantitative estimate of drug-likeness (QED) is 0.806. The number of aromatic nitrogens is 2. The first kappa shape index (κ1) is 16.1. The molecule has 5 nitrogen and oxygen atoms in total. The molecular formula is C18H23N3O2S. The number of rotatable bonds is 6. The molecule has 0 spiro atoms. The predicted octanol–water partition coefficient (Wildman–Crippen LogP) is 2.73. The van der Waals surface area contributed by atoms with Crippen LogP contribution in [0.3, 0.4) is 0 Å². The highest BCUT2D eigenvalue weighted by molar-refractivity contribution is 7.09. The maximum atomic E-state index is 6.12. The highest BCUT2D eigenvalue weighted by Gasteiger charge is 2.42. The van der Waals surface area contributed by atoms with Gasteiger partial charge in [-0.1, -0.05) is 6.07 Å². The van der Waals surface area contributed by atoms with Crippen molar-refractivity contribution in [2.24, 2.45) is 5.92 Å². The first-order valence-corrected chi connectivity index (χ1v) is 9.49. The van der Waals surface area contributed by atoms with E-state index in [1.54, 1.807) is 11.3 Å². The van der Waals surface area contributed by atoms with Crippen LogP contribution in [-0.2, 0) is 22.6 Å². The number of thiazole rings is 1. The standard InChI is InChI=1S/C18H23N3O2S/c1-2-14(10-19-5-1)11-21-7-8-23-18-15(3-4-16(18)21)12-22-13-17-20-6-9-24-17/h1-2,5-6,9-10,15-16,18H,3-4,7-8,11-13H2/t15-,16+,18+/m0/s1. The van der Waals surface area contributed by atoms with Gasteiger partial charge in [0.05, 0.1) is 25.9 Å². The van der Waals surface area contributed by atoms with Crippen molar-refractivity contribution in [1.29, 1.82) is 0 Å². The maximum Gasteiger partial charge on any atom is 0.118 e. The van der Waals surface area contributed by atoms with Crippen molar-refractivity contribution in [2.45, 2.75) is 38.1 Å². The Kier molecular flexibility index (Phi) is 5.18. The van der Waals surface area contributed by atoms with Crippen molar-refractivity contribution in [3.63, 3.8) is 0 Å². The van der Waals surface area contributed by atoms with E-state index in [-0.39, 0.29) is 0 Å². The largest absolute Gasteiger partial charge is 0.375 e. The smallest absolute Gasteiger partial charge is 0.118 e. The third-order valence-corrected chi connectivity index (χ3v) is 5.74. The summed E-state index contributed by atoms with van der Waals surface area (Å²) < 4.78 is 12.0. The molecule has 128 valence electrons. The number of morpholine rings is 1. The van der Waals surface area contributed by atoms with Crippen LogP contribution in [0.5, 0.6) is 0 Å². The minimum Gasteiger partial charge on any atom is -0.375 e. The van der Waals surface area contributed by atoms with Gasteiger partial charge in [-0.15, -0.1) is 11.3 Å². The Morgan fingerprint density at radius 3 is 3.17 bits per heavy atom. The predicted molar refractivity (Wildman–Crippen MR) is 92.7 cm³/mol. The van der Waals surface area contributed by atoms with Gasteiger partial charge in [0.1, 0.15) is 5.01 Å². The van der Waals surface area contributed by atoms with Crippen LogP contribution in [0.25, 0.3) is 0 Å². The van der Waals surface area contributed by atoms with Crippen LogP contribution in [0.1, 0.15) is 23.4 Å². The summed E-state index contributed by atoms with van der Waals surface area (Å²) in [4.78, 5) is 11.1. The zero-order valence-corrected chi connectivity index (χ0v) is 14.5. The molecule has 0 radical (unpaired) electrons. The fraction of sp³-hybridized carbons (Fsp3) is 0.556. The molecule has 1 aliphatic heterocycles. The minimum absolute atomic E-state index is 0.298. The van der Waals surface area contributed by atoms with Gasteiger partial charge in [-0.2, -0.15) is 0 Å². The van der Waals surface area contributed by atoms with Gasteiger partial charge < -0.3 is 9.47 Å². The summed E-state index contributed by atoms with van der Waals surface area (Å²) in [5.74, 6) is 0.492. The summed E-state index contributed by atoms with van der Waals surface area (Å²) in [7, 11) is 0. The van der Waals surface area contributed by atoms with E-state index in [1.165, 1.54) is 18.4 Å². The zero-order valence-electron chi connectivity index (χ0n) is 13.7. The van der Waals surface area contributed by atoms with E-state index in [0.29, 0.717) is 24.7 Å². The molecule has 3 heterocycles. The molecule has 3 atom stereocenters. The summed E-state index contributed by atoms with van der Waals surface area (Å²) in [6, 6.07) is 4.67. The van der Waals surface area contributed by atoms with Gasteiger partial charge in [-0.3, -0.25) is 9.88 Å². The molecule has 0 amide bonds. The Morgan fingerprint density at radius 1 is 1.33 bits per heavy atom. The first-order chi connectivity index (χ1) is 11.9. The van der Waals surface area contributed by atoms with Gasteiger partial charge in [0.2, 0.25) is 0 Å². The van der Waals surface area contributed by atoms with Crippen LogP contribution in [0.2, 0.25) is 0 Å². The average molecular weight is 345 g/mol. The number of hydrogen-bond donors (Lipinski definition) is 0. The normalized spacial score (nSPS) is 27.2. The van der Waals surface area contributed by atoms with E-state index in [0.717, 1.165) is 31.3 Å². The van der Waals surface area contributed by atoms with Gasteiger partial charge >= 0.3 is 0 Å². The molecule has 2 aliphatic rings. The molecule has 0 aromatic carbocycles. The minimum atomic E-state index is 0.298. The molecular weight excluding hydrogens is 322 g/mol. The molecule has 1 aliphatic carbocycles. The summed E-state index contributed by atoms with van der Waals surface area (Å²) >= 11 is 1.65. The lowest BCUT2D eigenvalue weighted by Crippen LogP contribution is -2.50. The van der Waals surface area contributed by atoms with Crippen molar-refractivity contribution in [1.82, 2.24) is 14.9 Å². The third kappa shape index (κ3) is 3.67. The van der Waals surface area contributed by atoms with E-state index < -0.39 is 0 Å². The second kappa shape index (κ2) is 7.70. The average Bonchev–Trinajstić information content (AvgIpc) is 3.27. The molecule has 0 N–H and O–H groups in total. The first-order valence-electron chi connectivity index (χ1n) is 8.61. The zero-order chi connectivity index (χ0) is 16.2.